The van der Waals surface area contributed by atoms with Crippen LogP contribution in [-0.4, -0.2) is 171 Å². The number of hydrogen-bond acceptors (Lipinski definition) is 31. The maximum Gasteiger partial charge on any atom is 1.00 e. The number of nitrogens with two attached hydrogens (primary N) is 4. The van der Waals surface area contributed by atoms with Crippen LogP contribution in [0.15, 0.2) is 237 Å². The molecule has 141 heavy (non-hydrogen) atoms. The first-order valence-corrected chi connectivity index (χ1v) is 45.7. The van der Waals surface area contributed by atoms with Crippen LogP contribution in [0.3, 0.4) is 0 Å². The number of hydrogen-bond donors (Lipinski definition) is 17. The molecule has 10 rings (SSSR count). The molecule has 772 valence electrons. The van der Waals surface area contributed by atoms with Crippen molar-refractivity contribution in [2.75, 3.05) is 54.0 Å². The third-order valence-corrected chi connectivity index (χ3v) is 17.1. The smallest absolute Gasteiger partial charge is 0.512 e. The van der Waals surface area contributed by atoms with E-state index in [-0.39, 0.29) is 184 Å². The van der Waals surface area contributed by atoms with E-state index in [9.17, 15) is 32.4 Å². The number of amides is 4. The van der Waals surface area contributed by atoms with Crippen LogP contribution >= 0.6 is 25.1 Å². The predicted molar refractivity (Wildman–Crippen MR) is 572 cm³/mol. The number of imide groups is 1. The molecule has 0 aliphatic carbocycles. The van der Waals surface area contributed by atoms with E-state index in [0.29, 0.717) is 43.6 Å². The normalized spacial score (nSPS) is 12.8. The number of anilines is 4. The van der Waals surface area contributed by atoms with Gasteiger partial charge in [0.15, 0.2) is 0 Å². The zero-order valence-electron chi connectivity index (χ0n) is 80.8. The first kappa shape index (κ1) is 148. The number of carbonyl (C=O) groups excluding carboxylic acids is 5. The average Bonchev–Trinajstić information content (AvgIpc) is 1.67. The summed E-state index contributed by atoms with van der Waals surface area (Å²) in [7, 11) is -5.90. The Labute approximate surface area is 875 Å². The molecule has 2 aliphatic heterocycles. The number of primary amides is 1. The minimum absolute atomic E-state index is 0. The van der Waals surface area contributed by atoms with E-state index in [0.717, 1.165) is 70.9 Å². The monoisotopic (exact) mass is 2020 g/mol. The fourth-order valence-corrected chi connectivity index (χ4v) is 11.0. The van der Waals surface area contributed by atoms with E-state index in [1.165, 1.54) is 12.8 Å². The topological polar surface area (TPSA) is 586 Å². The van der Waals surface area contributed by atoms with E-state index in [4.69, 9.17) is 107 Å². The Kier molecular flexibility index (Phi) is 101. The van der Waals surface area contributed by atoms with Gasteiger partial charge in [0.05, 0.1) is 56.2 Å². The molecule has 1 fully saturated rings. The van der Waals surface area contributed by atoms with Crippen LogP contribution in [0.2, 0.25) is 13.6 Å². The number of nitrogens with zero attached hydrogens (tertiary/aromatic N) is 5. The minimum atomic E-state index is -3.38. The summed E-state index contributed by atoms with van der Waals surface area (Å²) in [6.45, 7) is 27.6. The van der Waals surface area contributed by atoms with Gasteiger partial charge in [-0.15, -0.1) is 0 Å². The molecule has 4 amide bonds. The molecule has 2 aliphatic rings. The van der Waals surface area contributed by atoms with Gasteiger partial charge in [-0.3, -0.25) is 19.1 Å². The molecule has 10 atom stereocenters. The number of halogens is 1. The number of nitriles is 4. The standard InChI is InChI=1S/C18H20N2O3.C18H20N2O2.C10H14N2O.C10H12N2.C8H7ClO2.C6H7BO2.C5H11BN2O.C5H14BNO4S.2C4H8N2.C4H8O.C3H9NO.CN.4CH4.Na.H2S/c1-14(19-16-10-6-3-7-11-16)12-17(21)20-18(22)23-13-15-8-4-2-5-9-15;1-13-11-17(15-9-5-6-10-16(15)19-13)20-18(21)22-12-14-7-3-2-4-8-14;1-8(7-10(11)13)12-9-5-3-2-4-6-9;1-9(7-8-11)12-10-5-3-2-4-6-10;9-8(10)11-6-7-4-2-1-3-5-7;8-7(9)6-4-2-1-3-5-6;1-5(3-4-7)8-6(2)9;1-5(7-6(2)8)4-11-12(3,9)10;2*1-4(6)2-3-5;1-2-4-5-3-1;1-3(4)2-5;1-2;;;;;;/h2-11,14,19H,12-13H2,1H3,(H,20,21,22);2-10,13,17,19H,11-12H2,1H3,(H,20,21);2-6,8,12H,7H2,1H3,(H2,11,13);2-6,9,12H,7H2,1H3;1-5H,6H2;1-5,8-9H;5,8-9H,3H2,1-2H3;5,7-8H,4H2,1-3H3;2*4H,2,6H2,1H3;1-4H2;3,5H,2,4H2,1H3;;4*1H4;;1H2/q;;;;;;;;;;;;-1;;;;;+1;/t14-;13-,17+;8-;9-;;;2*5-;2*4-;;3-;;;;;;;/m0000..0000.0......./s1. The van der Waals surface area contributed by atoms with Crippen LogP contribution in [0.5, 0.6) is 0 Å². The minimum Gasteiger partial charge on any atom is -0.512 e. The van der Waals surface area contributed by atoms with Gasteiger partial charge in [0.1, 0.15) is 19.8 Å². The molecule has 0 aromatic heterocycles. The summed E-state index contributed by atoms with van der Waals surface area (Å²) in [6.07, 6.45) is 5.70. The Hall–Kier alpha value is -11.1. The largest absolute Gasteiger partial charge is 1.00 e. The second-order valence-electron chi connectivity index (χ2n) is 30.5. The van der Waals surface area contributed by atoms with Gasteiger partial charge < -0.3 is 116 Å². The summed E-state index contributed by atoms with van der Waals surface area (Å²) in [5, 5.41) is 105. The van der Waals surface area contributed by atoms with Crippen molar-refractivity contribution in [1.29, 1.82) is 26.3 Å². The van der Waals surface area contributed by atoms with E-state index >= 15 is 0 Å². The van der Waals surface area contributed by atoms with Crippen LogP contribution < -0.4 is 100 Å². The molecular formula is C100H156B3ClN17NaO17S2. The number of ether oxygens (including phenoxy) is 4. The fourth-order valence-electron chi connectivity index (χ4n) is 10.5. The summed E-state index contributed by atoms with van der Waals surface area (Å²) >= 11 is 4.97. The number of aliphatic hydroxyl groups is 1. The second-order valence-corrected chi connectivity index (χ2v) is 32.5. The Balaban J connectivity index is -0.000000197. The first-order valence-electron chi connectivity index (χ1n) is 43.5. The van der Waals surface area contributed by atoms with Gasteiger partial charge in [-0.2, -0.15) is 43.0 Å². The maximum absolute atomic E-state index is 12.0. The number of fused-ring (bicyclic) bond motifs is 1. The van der Waals surface area contributed by atoms with Crippen molar-refractivity contribution in [2.45, 2.75) is 244 Å². The number of alkyl carbamates (subject to hydrolysis) is 2. The van der Waals surface area contributed by atoms with E-state index in [2.05, 4.69) is 64.3 Å². The second kappa shape index (κ2) is 96.4. The van der Waals surface area contributed by atoms with Crippen molar-refractivity contribution in [1.82, 2.24) is 21.1 Å². The third kappa shape index (κ3) is 94.9. The fraction of sp³-hybridized carbons (Fsp3) is 0.420. The third-order valence-electron chi connectivity index (χ3n) is 16.5. The van der Waals surface area contributed by atoms with Crippen LogP contribution in [0.25, 0.3) is 0 Å². The Morgan fingerprint density at radius 1 is 0.511 bits per heavy atom. The molecule has 41 heteroatoms. The SMILES string of the molecule is C.C.C.C.C1CCOC1.CB(O)N[C@@H](C)CC#N.CB(O)N[C@@H](C)COS(C)(=O)=O.C[C@@H](CC#N)Nc1ccccc1.C[C@@H](CC(=O)NC(=O)OCc1ccccc1)Nc1ccccc1.C[C@@H](CC(N)=O)Nc1ccccc1.C[C@H](N)CC#N.C[C@H](N)CC#N.C[C@H](N)CO.C[C@H]1C[C@@H](NC(=O)OCc2ccccc2)c2ccccc2N1.O=C(Cl)OCc1ccccc1.OB(O)c1ccccc1.S.[C-]#N.[Na+]. The van der Waals surface area contributed by atoms with Crippen molar-refractivity contribution < 1.29 is 110 Å². The van der Waals surface area contributed by atoms with Gasteiger partial charge in [-0.1, -0.05) is 224 Å². The predicted octanol–water partition coefficient (Wildman–Crippen LogP) is 12.3. The van der Waals surface area contributed by atoms with E-state index in [1.807, 2.05) is 272 Å². The summed E-state index contributed by atoms with van der Waals surface area (Å²) in [5.74, 6) is -0.657. The van der Waals surface area contributed by atoms with Gasteiger partial charge in [-0.25, -0.2) is 14.4 Å². The van der Waals surface area contributed by atoms with Crippen LogP contribution in [0.1, 0.15) is 178 Å². The molecule has 0 saturated carbocycles. The summed E-state index contributed by atoms with van der Waals surface area (Å²) < 4.78 is 45.3. The maximum atomic E-state index is 12.0. The van der Waals surface area contributed by atoms with Crippen molar-refractivity contribution in [3.05, 3.63) is 265 Å². The molecule has 0 unspecified atom stereocenters. The first-order chi connectivity index (χ1) is 64.2. The summed E-state index contributed by atoms with van der Waals surface area (Å²) in [6, 6.07) is 82.7. The van der Waals surface area contributed by atoms with Gasteiger partial charge in [0.2, 0.25) is 11.8 Å². The van der Waals surface area contributed by atoms with Gasteiger partial charge in [0.25, 0.3) is 10.1 Å². The Bertz CT molecular complexity index is 4650. The van der Waals surface area contributed by atoms with Crippen LogP contribution in [0, 0.1) is 57.2 Å². The zero-order chi connectivity index (χ0) is 102. The molecule has 0 radical (unpaired) electrons. The van der Waals surface area contributed by atoms with Crippen LogP contribution in [-0.2, 0) is 62.7 Å². The molecule has 21 N–H and O–H groups in total. The number of nitrogens with one attached hydrogen (secondary N) is 8. The number of para-hydroxylation sites is 4. The molecule has 8 aromatic rings. The van der Waals surface area contributed by atoms with Crippen molar-refractivity contribution in [3.8, 4) is 24.3 Å². The van der Waals surface area contributed by atoms with Crippen molar-refractivity contribution in [2.24, 2.45) is 22.9 Å². The number of rotatable bonds is 30. The van der Waals surface area contributed by atoms with Crippen molar-refractivity contribution >= 4 is 114 Å². The number of aliphatic hydroxyl groups excluding tert-OH is 1. The molecular weight excluding hydrogens is 1870 g/mol. The zero-order valence-corrected chi connectivity index (χ0v) is 85.4. The summed E-state index contributed by atoms with van der Waals surface area (Å²) in [5.41, 5.74) is 28.2. The van der Waals surface area contributed by atoms with Crippen molar-refractivity contribution in [3.63, 3.8) is 0 Å². The number of carbonyl (C=O) groups is 5. The average molecular weight is 2020 g/mol. The van der Waals surface area contributed by atoms with Crippen LogP contribution in [0.4, 0.5) is 37.1 Å². The molecule has 2 heterocycles. The molecule has 8 aromatic carbocycles. The van der Waals surface area contributed by atoms with E-state index < -0.39 is 42.9 Å². The van der Waals surface area contributed by atoms with Gasteiger partial charge in [0, 0.05) is 134 Å². The quantitative estimate of drug-likeness (QED) is 0.00653. The summed E-state index contributed by atoms with van der Waals surface area (Å²) in [4.78, 5) is 56.2. The molecule has 0 spiro atoms. The van der Waals surface area contributed by atoms with E-state index in [1.54, 1.807) is 51.8 Å². The molecule has 0 bridgehead atoms. The van der Waals surface area contributed by atoms with Gasteiger partial charge in [-0.05, 0) is 165 Å². The molecule has 34 nitrogen and oxygen atoms in total. The molecule has 1 saturated heterocycles. The Morgan fingerprint density at radius 2 is 0.844 bits per heavy atom. The van der Waals surface area contributed by atoms with Gasteiger partial charge >= 0.3 is 68.4 Å². The Morgan fingerprint density at radius 3 is 1.16 bits per heavy atom. The number of benzene rings is 8.